The monoisotopic (exact) mass is 322 g/mol. The summed E-state index contributed by atoms with van der Waals surface area (Å²) >= 11 is 7.40. The summed E-state index contributed by atoms with van der Waals surface area (Å²) in [6.07, 6.45) is 3.68. The molecule has 0 fully saturated rings. The molecule has 1 amide bonds. The van der Waals surface area contributed by atoms with E-state index in [2.05, 4.69) is 17.2 Å². The van der Waals surface area contributed by atoms with Crippen molar-refractivity contribution in [3.8, 4) is 11.3 Å². The number of carbonyl (C=O) groups excluding carboxylic acids is 1. The summed E-state index contributed by atoms with van der Waals surface area (Å²) in [5.41, 5.74) is 1.92. The molecule has 2 rings (SSSR count). The average molecular weight is 323 g/mol. The van der Waals surface area contributed by atoms with Crippen LogP contribution in [0.5, 0.6) is 0 Å². The number of benzene rings is 1. The molecule has 0 saturated heterocycles. The predicted octanol–water partition coefficient (Wildman–Crippen LogP) is 5.29. The van der Waals surface area contributed by atoms with Crippen LogP contribution in [-0.2, 0) is 4.79 Å². The van der Waals surface area contributed by atoms with Crippen molar-refractivity contribution in [1.82, 2.24) is 4.98 Å². The van der Waals surface area contributed by atoms with Crippen molar-refractivity contribution in [3.05, 3.63) is 34.2 Å². The third-order valence-electron chi connectivity index (χ3n) is 3.17. The van der Waals surface area contributed by atoms with E-state index in [1.807, 2.05) is 31.2 Å². The molecular formula is C16H19ClN2OS. The standard InChI is InChI=1S/C16H19ClN2OS/c1-3-4-5-6-14(20)18-16-19-15(11(2)21-16)12-7-9-13(17)10-8-12/h7-10H,3-6H2,1-2H3,(H,18,19,20). The number of hydrogen-bond acceptors (Lipinski definition) is 3. The SMILES string of the molecule is CCCCCC(=O)Nc1nc(-c2ccc(Cl)cc2)c(C)s1. The Morgan fingerprint density at radius 3 is 2.67 bits per heavy atom. The van der Waals surface area contributed by atoms with Gasteiger partial charge >= 0.3 is 0 Å². The van der Waals surface area contributed by atoms with Crippen molar-refractivity contribution in [1.29, 1.82) is 0 Å². The van der Waals surface area contributed by atoms with E-state index in [1.54, 1.807) is 0 Å². The molecule has 0 radical (unpaired) electrons. The number of halogens is 1. The van der Waals surface area contributed by atoms with Gasteiger partial charge in [0.15, 0.2) is 5.13 Å². The van der Waals surface area contributed by atoms with Crippen molar-refractivity contribution in [2.24, 2.45) is 0 Å². The molecule has 0 atom stereocenters. The molecule has 1 aromatic carbocycles. The molecule has 3 nitrogen and oxygen atoms in total. The first-order valence-electron chi connectivity index (χ1n) is 7.13. The van der Waals surface area contributed by atoms with Crippen LogP contribution in [0.3, 0.4) is 0 Å². The third-order valence-corrected chi connectivity index (χ3v) is 4.31. The summed E-state index contributed by atoms with van der Waals surface area (Å²) in [4.78, 5) is 17.4. The van der Waals surface area contributed by atoms with Crippen molar-refractivity contribution < 1.29 is 4.79 Å². The van der Waals surface area contributed by atoms with Crippen LogP contribution in [-0.4, -0.2) is 10.9 Å². The fourth-order valence-corrected chi connectivity index (χ4v) is 3.02. The van der Waals surface area contributed by atoms with Gasteiger partial charge in [0.25, 0.3) is 0 Å². The fraction of sp³-hybridized carbons (Fsp3) is 0.375. The molecule has 0 spiro atoms. The fourth-order valence-electron chi connectivity index (χ4n) is 2.04. The molecule has 0 aliphatic rings. The third kappa shape index (κ3) is 4.55. The minimum Gasteiger partial charge on any atom is -0.302 e. The lowest BCUT2D eigenvalue weighted by Gasteiger charge is -2.00. The number of amides is 1. The molecule has 0 unspecified atom stereocenters. The molecule has 0 saturated carbocycles. The average Bonchev–Trinajstić information content (AvgIpc) is 2.80. The summed E-state index contributed by atoms with van der Waals surface area (Å²) in [5.74, 6) is 0.0415. The highest BCUT2D eigenvalue weighted by atomic mass is 35.5. The lowest BCUT2D eigenvalue weighted by Crippen LogP contribution is -2.10. The first-order valence-corrected chi connectivity index (χ1v) is 8.33. The second-order valence-electron chi connectivity index (χ2n) is 4.94. The number of thiazole rings is 1. The maximum absolute atomic E-state index is 11.8. The summed E-state index contributed by atoms with van der Waals surface area (Å²) in [6.45, 7) is 4.13. The number of hydrogen-bond donors (Lipinski definition) is 1. The predicted molar refractivity (Wildman–Crippen MR) is 90.1 cm³/mol. The Hall–Kier alpha value is -1.39. The van der Waals surface area contributed by atoms with Crippen molar-refractivity contribution in [2.75, 3.05) is 5.32 Å². The van der Waals surface area contributed by atoms with Crippen molar-refractivity contribution in [2.45, 2.75) is 39.5 Å². The molecule has 112 valence electrons. The van der Waals surface area contributed by atoms with Gasteiger partial charge in [-0.15, -0.1) is 11.3 Å². The number of anilines is 1. The van der Waals surface area contributed by atoms with Crippen LogP contribution in [0.25, 0.3) is 11.3 Å². The maximum Gasteiger partial charge on any atom is 0.226 e. The Bertz CT molecular complexity index is 607. The Kier molecular flexibility index (Phi) is 5.76. The van der Waals surface area contributed by atoms with Crippen LogP contribution in [0.4, 0.5) is 5.13 Å². The lowest BCUT2D eigenvalue weighted by molar-refractivity contribution is -0.116. The molecule has 2 aromatic rings. The number of nitrogens with one attached hydrogen (secondary N) is 1. The van der Waals surface area contributed by atoms with Gasteiger partial charge < -0.3 is 5.32 Å². The molecular weight excluding hydrogens is 304 g/mol. The minimum atomic E-state index is 0.0415. The number of unbranched alkanes of at least 4 members (excludes halogenated alkanes) is 2. The first-order chi connectivity index (χ1) is 10.1. The zero-order chi connectivity index (χ0) is 15.2. The highest BCUT2D eigenvalue weighted by Gasteiger charge is 2.11. The summed E-state index contributed by atoms with van der Waals surface area (Å²) in [6, 6.07) is 7.58. The minimum absolute atomic E-state index is 0.0415. The lowest BCUT2D eigenvalue weighted by atomic mass is 10.1. The number of aromatic nitrogens is 1. The van der Waals surface area contributed by atoms with Gasteiger partial charge in [-0.1, -0.05) is 43.5 Å². The zero-order valence-electron chi connectivity index (χ0n) is 12.3. The van der Waals surface area contributed by atoms with Gasteiger partial charge in [-0.2, -0.15) is 0 Å². The maximum atomic E-state index is 11.8. The van der Waals surface area contributed by atoms with Crippen LogP contribution >= 0.6 is 22.9 Å². The van der Waals surface area contributed by atoms with E-state index in [0.29, 0.717) is 16.6 Å². The molecule has 5 heteroatoms. The summed E-state index contributed by atoms with van der Waals surface area (Å²) in [5, 5.41) is 4.26. The number of carbonyl (C=O) groups is 1. The zero-order valence-corrected chi connectivity index (χ0v) is 13.9. The Morgan fingerprint density at radius 2 is 2.00 bits per heavy atom. The molecule has 0 bridgehead atoms. The van der Waals surface area contributed by atoms with E-state index in [9.17, 15) is 4.79 Å². The van der Waals surface area contributed by atoms with Gasteiger partial charge in [-0.05, 0) is 25.5 Å². The topological polar surface area (TPSA) is 42.0 Å². The van der Waals surface area contributed by atoms with E-state index < -0.39 is 0 Å². The van der Waals surface area contributed by atoms with E-state index in [-0.39, 0.29) is 5.91 Å². The number of aryl methyl sites for hydroxylation is 1. The molecule has 1 N–H and O–H groups in total. The van der Waals surface area contributed by atoms with Crippen LogP contribution in [0, 0.1) is 6.92 Å². The van der Waals surface area contributed by atoms with Crippen LogP contribution in [0.2, 0.25) is 5.02 Å². The summed E-state index contributed by atoms with van der Waals surface area (Å²) in [7, 11) is 0. The smallest absolute Gasteiger partial charge is 0.226 e. The molecule has 21 heavy (non-hydrogen) atoms. The second kappa shape index (κ2) is 7.57. The van der Waals surface area contributed by atoms with Gasteiger partial charge in [0.1, 0.15) is 0 Å². The Morgan fingerprint density at radius 1 is 1.29 bits per heavy atom. The van der Waals surface area contributed by atoms with Gasteiger partial charge in [0.2, 0.25) is 5.91 Å². The van der Waals surface area contributed by atoms with E-state index in [0.717, 1.165) is 35.4 Å². The Labute approximate surface area is 134 Å². The summed E-state index contributed by atoms with van der Waals surface area (Å²) < 4.78 is 0. The number of nitrogens with zero attached hydrogens (tertiary/aromatic N) is 1. The molecule has 1 aromatic heterocycles. The molecule has 0 aliphatic heterocycles. The van der Waals surface area contributed by atoms with Gasteiger partial charge in [-0.3, -0.25) is 4.79 Å². The quantitative estimate of drug-likeness (QED) is 0.734. The Balaban J connectivity index is 2.05. The normalized spacial score (nSPS) is 10.6. The highest BCUT2D eigenvalue weighted by molar-refractivity contribution is 7.16. The van der Waals surface area contributed by atoms with Crippen molar-refractivity contribution >= 4 is 34.0 Å². The van der Waals surface area contributed by atoms with Crippen LogP contribution in [0.15, 0.2) is 24.3 Å². The second-order valence-corrected chi connectivity index (χ2v) is 6.58. The van der Waals surface area contributed by atoms with Gasteiger partial charge in [0.05, 0.1) is 5.69 Å². The van der Waals surface area contributed by atoms with Crippen LogP contribution in [0.1, 0.15) is 37.5 Å². The highest BCUT2D eigenvalue weighted by Crippen LogP contribution is 2.31. The van der Waals surface area contributed by atoms with E-state index >= 15 is 0 Å². The molecule has 1 heterocycles. The van der Waals surface area contributed by atoms with E-state index in [4.69, 9.17) is 11.6 Å². The molecule has 0 aliphatic carbocycles. The van der Waals surface area contributed by atoms with Crippen LogP contribution < -0.4 is 5.32 Å². The number of rotatable bonds is 6. The largest absolute Gasteiger partial charge is 0.302 e. The van der Waals surface area contributed by atoms with Gasteiger partial charge in [-0.25, -0.2) is 4.98 Å². The van der Waals surface area contributed by atoms with Crippen molar-refractivity contribution in [3.63, 3.8) is 0 Å². The van der Waals surface area contributed by atoms with E-state index in [1.165, 1.54) is 11.3 Å². The van der Waals surface area contributed by atoms with Gasteiger partial charge in [0, 0.05) is 21.9 Å². The first kappa shape index (κ1) is 16.0.